The van der Waals surface area contributed by atoms with Crippen LogP contribution in [0.3, 0.4) is 0 Å². The number of nitrogens with one attached hydrogen (secondary N) is 1. The number of amides is 1. The Morgan fingerprint density at radius 1 is 1.38 bits per heavy atom. The standard InChI is InChI=1S/C17H21Cl2N3O2/c1-3-4-6-11(9-20)21-17(23)14-10(2)24-22-16(14)15-12(18)7-5-8-13(15)19/h5,7-8,11H,3-4,6,9,20H2,1-2H3,(H,21,23). The summed E-state index contributed by atoms with van der Waals surface area (Å²) in [6, 6.07) is 5.02. The summed E-state index contributed by atoms with van der Waals surface area (Å²) in [5, 5.41) is 7.75. The normalized spacial score (nSPS) is 12.2. The molecule has 1 amide bonds. The highest BCUT2D eigenvalue weighted by Crippen LogP contribution is 2.36. The first kappa shape index (κ1) is 18.8. The van der Waals surface area contributed by atoms with Crippen molar-refractivity contribution in [3.8, 4) is 11.3 Å². The average molecular weight is 370 g/mol. The molecule has 1 aromatic heterocycles. The smallest absolute Gasteiger partial charge is 0.257 e. The van der Waals surface area contributed by atoms with E-state index in [0.717, 1.165) is 19.3 Å². The fraction of sp³-hybridized carbons (Fsp3) is 0.412. The average Bonchev–Trinajstić information content (AvgIpc) is 2.92. The maximum atomic E-state index is 12.7. The van der Waals surface area contributed by atoms with Crippen molar-refractivity contribution < 1.29 is 9.32 Å². The van der Waals surface area contributed by atoms with E-state index >= 15 is 0 Å². The van der Waals surface area contributed by atoms with Crippen molar-refractivity contribution in [1.82, 2.24) is 10.5 Å². The molecule has 24 heavy (non-hydrogen) atoms. The van der Waals surface area contributed by atoms with Crippen LogP contribution < -0.4 is 11.1 Å². The molecule has 3 N–H and O–H groups in total. The number of carbonyl (C=O) groups excluding carboxylic acids is 1. The largest absolute Gasteiger partial charge is 0.360 e. The van der Waals surface area contributed by atoms with Gasteiger partial charge in [0, 0.05) is 18.2 Å². The lowest BCUT2D eigenvalue weighted by molar-refractivity contribution is 0.0935. The summed E-state index contributed by atoms with van der Waals surface area (Å²) >= 11 is 12.5. The maximum Gasteiger partial charge on any atom is 0.257 e. The van der Waals surface area contributed by atoms with Crippen molar-refractivity contribution in [3.63, 3.8) is 0 Å². The van der Waals surface area contributed by atoms with E-state index in [4.69, 9.17) is 33.5 Å². The zero-order chi connectivity index (χ0) is 17.7. The molecule has 0 radical (unpaired) electrons. The van der Waals surface area contributed by atoms with E-state index in [1.165, 1.54) is 0 Å². The van der Waals surface area contributed by atoms with Crippen molar-refractivity contribution in [3.05, 3.63) is 39.6 Å². The first-order chi connectivity index (χ1) is 11.5. The molecule has 0 aliphatic rings. The molecule has 0 aliphatic heterocycles. The van der Waals surface area contributed by atoms with Crippen molar-refractivity contribution in [2.45, 2.75) is 39.2 Å². The van der Waals surface area contributed by atoms with E-state index in [2.05, 4.69) is 17.4 Å². The quantitative estimate of drug-likeness (QED) is 0.765. The second kappa shape index (κ2) is 8.51. The molecular weight excluding hydrogens is 349 g/mol. The number of carbonyl (C=O) groups is 1. The lowest BCUT2D eigenvalue weighted by atomic mass is 10.0. The number of rotatable bonds is 7. The first-order valence-electron chi connectivity index (χ1n) is 7.91. The van der Waals surface area contributed by atoms with Crippen molar-refractivity contribution >= 4 is 29.1 Å². The minimum Gasteiger partial charge on any atom is -0.360 e. The summed E-state index contributed by atoms with van der Waals surface area (Å²) in [5.74, 6) is 0.121. The number of benzene rings is 1. The van der Waals surface area contributed by atoms with Gasteiger partial charge in [0.2, 0.25) is 0 Å². The van der Waals surface area contributed by atoms with E-state index in [9.17, 15) is 4.79 Å². The van der Waals surface area contributed by atoms with Crippen LogP contribution in [0.1, 0.15) is 42.3 Å². The molecule has 0 saturated carbocycles. The number of nitrogens with zero attached hydrogens (tertiary/aromatic N) is 1. The minimum absolute atomic E-state index is 0.0960. The molecule has 0 aliphatic carbocycles. The fourth-order valence-corrected chi connectivity index (χ4v) is 3.07. The van der Waals surface area contributed by atoms with Gasteiger partial charge < -0.3 is 15.6 Å². The molecule has 1 aromatic carbocycles. The number of hydrogen-bond acceptors (Lipinski definition) is 4. The van der Waals surface area contributed by atoms with Crippen LogP contribution in [0.25, 0.3) is 11.3 Å². The summed E-state index contributed by atoms with van der Waals surface area (Å²) in [5.41, 5.74) is 6.91. The van der Waals surface area contributed by atoms with E-state index in [0.29, 0.717) is 39.2 Å². The SMILES string of the molecule is CCCCC(CN)NC(=O)c1c(-c2c(Cl)cccc2Cl)noc1C. The van der Waals surface area contributed by atoms with Gasteiger partial charge in [-0.05, 0) is 25.5 Å². The van der Waals surface area contributed by atoms with Crippen LogP contribution in [0.5, 0.6) is 0 Å². The molecule has 130 valence electrons. The molecule has 5 nitrogen and oxygen atoms in total. The van der Waals surface area contributed by atoms with Crippen molar-refractivity contribution in [1.29, 1.82) is 0 Å². The van der Waals surface area contributed by atoms with Gasteiger partial charge >= 0.3 is 0 Å². The summed E-state index contributed by atoms with van der Waals surface area (Å²) in [4.78, 5) is 12.7. The molecule has 2 aromatic rings. The molecule has 7 heteroatoms. The molecule has 0 bridgehead atoms. The highest BCUT2D eigenvalue weighted by atomic mass is 35.5. The van der Waals surface area contributed by atoms with Crippen molar-refractivity contribution in [2.75, 3.05) is 6.54 Å². The Labute approximate surface area is 151 Å². The van der Waals surface area contributed by atoms with Gasteiger partial charge in [-0.25, -0.2) is 0 Å². The van der Waals surface area contributed by atoms with Crippen LogP contribution in [0, 0.1) is 6.92 Å². The predicted molar refractivity (Wildman–Crippen MR) is 96.5 cm³/mol. The molecule has 1 unspecified atom stereocenters. The van der Waals surface area contributed by atoms with Gasteiger partial charge in [0.25, 0.3) is 5.91 Å². The van der Waals surface area contributed by atoms with Crippen molar-refractivity contribution in [2.24, 2.45) is 5.73 Å². The van der Waals surface area contributed by atoms with Crippen LogP contribution in [-0.2, 0) is 0 Å². The monoisotopic (exact) mass is 369 g/mol. The van der Waals surface area contributed by atoms with E-state index in [1.807, 2.05) is 0 Å². The Balaban J connectivity index is 2.35. The summed E-state index contributed by atoms with van der Waals surface area (Å²) in [6.07, 6.45) is 2.86. The second-order valence-corrected chi connectivity index (χ2v) is 6.42. The van der Waals surface area contributed by atoms with Gasteiger partial charge in [-0.15, -0.1) is 0 Å². The minimum atomic E-state index is -0.286. The molecule has 0 spiro atoms. The van der Waals surface area contributed by atoms with Crippen LogP contribution in [-0.4, -0.2) is 23.7 Å². The molecule has 1 atom stereocenters. The van der Waals surface area contributed by atoms with Gasteiger partial charge in [-0.1, -0.05) is 54.2 Å². The highest BCUT2D eigenvalue weighted by molar-refractivity contribution is 6.39. The number of unbranched alkanes of at least 4 members (excludes halogenated alkanes) is 1. The number of halogens is 2. The van der Waals surface area contributed by atoms with Gasteiger partial charge in [-0.3, -0.25) is 4.79 Å². The lowest BCUT2D eigenvalue weighted by Gasteiger charge is -2.16. The fourth-order valence-electron chi connectivity index (χ4n) is 2.49. The Hall–Kier alpha value is -1.56. The molecular formula is C17H21Cl2N3O2. The van der Waals surface area contributed by atoms with Crippen LogP contribution in [0.4, 0.5) is 0 Å². The van der Waals surface area contributed by atoms with Gasteiger partial charge in [0.15, 0.2) is 0 Å². The van der Waals surface area contributed by atoms with E-state index < -0.39 is 0 Å². The third kappa shape index (κ3) is 4.09. The van der Waals surface area contributed by atoms with Gasteiger partial charge in [0.05, 0.1) is 10.0 Å². The Morgan fingerprint density at radius 2 is 2.04 bits per heavy atom. The Kier molecular flexibility index (Phi) is 6.66. The number of aromatic nitrogens is 1. The molecule has 1 heterocycles. The second-order valence-electron chi connectivity index (χ2n) is 5.61. The number of nitrogens with two attached hydrogens (primary N) is 1. The topological polar surface area (TPSA) is 81.1 Å². The third-order valence-electron chi connectivity index (χ3n) is 3.82. The van der Waals surface area contributed by atoms with Crippen LogP contribution in [0.15, 0.2) is 22.7 Å². The number of hydrogen-bond donors (Lipinski definition) is 2. The predicted octanol–water partition coefficient (Wildman–Crippen LogP) is 4.20. The maximum absolute atomic E-state index is 12.7. The van der Waals surface area contributed by atoms with Crippen LogP contribution >= 0.6 is 23.2 Å². The third-order valence-corrected chi connectivity index (χ3v) is 4.45. The lowest BCUT2D eigenvalue weighted by Crippen LogP contribution is -2.40. The van der Waals surface area contributed by atoms with Gasteiger partial charge in [0.1, 0.15) is 17.0 Å². The zero-order valence-corrected chi connectivity index (χ0v) is 15.2. The molecule has 0 fully saturated rings. The summed E-state index contributed by atoms with van der Waals surface area (Å²) in [7, 11) is 0. The highest BCUT2D eigenvalue weighted by Gasteiger charge is 2.25. The first-order valence-corrected chi connectivity index (χ1v) is 8.66. The Bertz CT molecular complexity index is 696. The number of aryl methyl sites for hydroxylation is 1. The van der Waals surface area contributed by atoms with E-state index in [1.54, 1.807) is 25.1 Å². The molecule has 0 saturated heterocycles. The van der Waals surface area contributed by atoms with Crippen LogP contribution in [0.2, 0.25) is 10.0 Å². The zero-order valence-electron chi connectivity index (χ0n) is 13.7. The Morgan fingerprint density at radius 3 is 2.62 bits per heavy atom. The summed E-state index contributed by atoms with van der Waals surface area (Å²) in [6.45, 7) is 4.15. The molecule has 2 rings (SSSR count). The van der Waals surface area contributed by atoms with Gasteiger partial charge in [-0.2, -0.15) is 0 Å². The van der Waals surface area contributed by atoms with E-state index in [-0.39, 0.29) is 11.9 Å². The summed E-state index contributed by atoms with van der Waals surface area (Å²) < 4.78 is 5.22.